The van der Waals surface area contributed by atoms with E-state index < -0.39 is 8.03 Å². The Morgan fingerprint density at radius 2 is 2.43 bits per heavy atom. The molecular formula is C3H5BrO2P+. The van der Waals surface area contributed by atoms with E-state index >= 15 is 0 Å². The first kappa shape index (κ1) is 7.28. The van der Waals surface area contributed by atoms with Crippen molar-refractivity contribution in [3.63, 3.8) is 0 Å². The van der Waals surface area contributed by atoms with E-state index in [0.717, 1.165) is 0 Å². The zero-order valence-corrected chi connectivity index (χ0v) is 6.08. The summed E-state index contributed by atoms with van der Waals surface area (Å²) >= 11 is 2.94. The summed E-state index contributed by atoms with van der Waals surface area (Å²) in [7, 11) is -2.04. The normalized spacial score (nSPS) is 10.9. The van der Waals surface area contributed by atoms with Crippen LogP contribution in [0.4, 0.5) is 0 Å². The van der Waals surface area contributed by atoms with Gasteiger partial charge in [0, 0.05) is 4.48 Å². The predicted molar refractivity (Wildman–Crippen MR) is 32.8 cm³/mol. The average Bonchev–Trinajstić information content (AvgIpc) is 1.27. The van der Waals surface area contributed by atoms with Gasteiger partial charge in [-0.2, -0.15) is 4.89 Å². The van der Waals surface area contributed by atoms with Gasteiger partial charge in [0.1, 0.15) is 0 Å². The van der Waals surface area contributed by atoms with E-state index in [2.05, 4.69) is 22.5 Å². The Labute approximate surface area is 51.2 Å². The van der Waals surface area contributed by atoms with Crippen molar-refractivity contribution in [2.75, 3.05) is 6.16 Å². The van der Waals surface area contributed by atoms with Gasteiger partial charge in [0.15, 0.2) is 0 Å². The summed E-state index contributed by atoms with van der Waals surface area (Å²) < 4.78 is 10.4. The molecule has 0 aliphatic heterocycles. The highest BCUT2D eigenvalue weighted by molar-refractivity contribution is 9.11. The van der Waals surface area contributed by atoms with E-state index in [-0.39, 0.29) is 6.16 Å². The first-order chi connectivity index (χ1) is 3.13. The van der Waals surface area contributed by atoms with Crippen molar-refractivity contribution in [3.05, 3.63) is 11.1 Å². The van der Waals surface area contributed by atoms with Gasteiger partial charge in [-0.25, -0.2) is 0 Å². The molecule has 0 spiro atoms. The summed E-state index contributed by atoms with van der Waals surface area (Å²) in [5, 5.41) is 0. The highest BCUT2D eigenvalue weighted by atomic mass is 79.9. The van der Waals surface area contributed by atoms with Crippen molar-refractivity contribution in [2.45, 2.75) is 0 Å². The van der Waals surface area contributed by atoms with Crippen LogP contribution in [-0.2, 0) is 4.57 Å². The van der Waals surface area contributed by atoms with Crippen molar-refractivity contribution in [1.82, 2.24) is 0 Å². The molecule has 1 atom stereocenters. The molecule has 0 aliphatic carbocycles. The second-order valence-corrected chi connectivity index (χ2v) is 3.17. The molecule has 0 rings (SSSR count). The van der Waals surface area contributed by atoms with Crippen LogP contribution in [0, 0.1) is 0 Å². The number of hydrogen-bond acceptors (Lipinski definition) is 1. The SMILES string of the molecule is C=C(Br)C[P+](=O)O. The van der Waals surface area contributed by atoms with Crippen LogP contribution < -0.4 is 0 Å². The lowest BCUT2D eigenvalue weighted by molar-refractivity contribution is 0.506. The second-order valence-electron chi connectivity index (χ2n) is 1.03. The molecule has 0 aromatic rings. The molecular weight excluding hydrogens is 179 g/mol. The molecule has 0 radical (unpaired) electrons. The van der Waals surface area contributed by atoms with Gasteiger partial charge >= 0.3 is 8.03 Å². The van der Waals surface area contributed by atoms with Crippen LogP contribution in [-0.4, -0.2) is 11.1 Å². The first-order valence-corrected chi connectivity index (χ1v) is 3.79. The summed E-state index contributed by atoms with van der Waals surface area (Å²) in [5.74, 6) is 0. The second kappa shape index (κ2) is 3.30. The third kappa shape index (κ3) is 6.28. The van der Waals surface area contributed by atoms with Crippen molar-refractivity contribution in [3.8, 4) is 0 Å². The molecule has 1 unspecified atom stereocenters. The third-order valence-corrected chi connectivity index (χ3v) is 1.67. The fourth-order valence-corrected chi connectivity index (χ4v) is 1.08. The molecule has 0 saturated heterocycles. The predicted octanol–water partition coefficient (Wildman–Crippen LogP) is 1.63. The molecule has 0 heterocycles. The number of rotatable bonds is 2. The van der Waals surface area contributed by atoms with Crippen LogP contribution in [0.1, 0.15) is 0 Å². The van der Waals surface area contributed by atoms with Gasteiger partial charge in [0.2, 0.25) is 6.16 Å². The Morgan fingerprint density at radius 1 is 2.00 bits per heavy atom. The van der Waals surface area contributed by atoms with Gasteiger partial charge in [-0.15, -0.1) is 0 Å². The smallest absolute Gasteiger partial charge is 0.160 e. The molecule has 4 heteroatoms. The Hall–Kier alpha value is 0.280. The van der Waals surface area contributed by atoms with Crippen LogP contribution >= 0.6 is 24.0 Å². The minimum absolute atomic E-state index is 0.148. The van der Waals surface area contributed by atoms with Gasteiger partial charge in [-0.1, -0.05) is 22.5 Å². The van der Waals surface area contributed by atoms with Crippen molar-refractivity contribution in [1.29, 1.82) is 0 Å². The van der Waals surface area contributed by atoms with Crippen LogP contribution in [0.15, 0.2) is 11.1 Å². The van der Waals surface area contributed by atoms with E-state index in [4.69, 9.17) is 4.89 Å². The monoisotopic (exact) mass is 183 g/mol. The summed E-state index contributed by atoms with van der Waals surface area (Å²) in [4.78, 5) is 8.14. The summed E-state index contributed by atoms with van der Waals surface area (Å²) in [5.41, 5.74) is 0. The molecule has 0 fully saturated rings. The summed E-state index contributed by atoms with van der Waals surface area (Å²) in [6.45, 7) is 3.37. The number of halogens is 1. The fraction of sp³-hybridized carbons (Fsp3) is 0.333. The van der Waals surface area contributed by atoms with Gasteiger partial charge in [-0.3, -0.25) is 0 Å². The lowest BCUT2D eigenvalue weighted by atomic mass is 10.8. The highest BCUT2D eigenvalue weighted by Crippen LogP contribution is 2.19. The third-order valence-electron chi connectivity index (χ3n) is 0.307. The van der Waals surface area contributed by atoms with E-state index in [1.807, 2.05) is 0 Å². The van der Waals surface area contributed by atoms with Gasteiger partial charge in [-0.05, 0) is 4.57 Å². The number of hydrogen-bond donors (Lipinski definition) is 1. The maximum Gasteiger partial charge on any atom is 0.510 e. The minimum Gasteiger partial charge on any atom is -0.160 e. The van der Waals surface area contributed by atoms with Crippen LogP contribution in [0.2, 0.25) is 0 Å². The Kier molecular flexibility index (Phi) is 3.44. The van der Waals surface area contributed by atoms with Crippen molar-refractivity contribution in [2.24, 2.45) is 0 Å². The maximum absolute atomic E-state index is 9.87. The molecule has 0 aromatic heterocycles. The van der Waals surface area contributed by atoms with E-state index in [9.17, 15) is 4.57 Å². The molecule has 2 nitrogen and oxygen atoms in total. The molecule has 0 bridgehead atoms. The van der Waals surface area contributed by atoms with Gasteiger partial charge in [0.05, 0.1) is 0 Å². The molecule has 40 valence electrons. The molecule has 0 saturated carbocycles. The van der Waals surface area contributed by atoms with Crippen molar-refractivity contribution >= 4 is 24.0 Å². The topological polar surface area (TPSA) is 37.3 Å². The molecule has 0 aromatic carbocycles. The molecule has 1 N–H and O–H groups in total. The Morgan fingerprint density at radius 3 is 2.43 bits per heavy atom. The van der Waals surface area contributed by atoms with Crippen LogP contribution in [0.25, 0.3) is 0 Å². The quantitative estimate of drug-likeness (QED) is 0.662. The zero-order chi connectivity index (χ0) is 5.86. The summed E-state index contributed by atoms with van der Waals surface area (Å²) in [6, 6.07) is 0. The Bertz CT molecular complexity index is 89.1. The molecule has 0 aliphatic rings. The molecule has 7 heavy (non-hydrogen) atoms. The summed E-state index contributed by atoms with van der Waals surface area (Å²) in [6.07, 6.45) is 0.148. The van der Waals surface area contributed by atoms with Crippen LogP contribution in [0.5, 0.6) is 0 Å². The largest absolute Gasteiger partial charge is 0.510 e. The minimum atomic E-state index is -2.04. The zero-order valence-electron chi connectivity index (χ0n) is 3.59. The van der Waals surface area contributed by atoms with Gasteiger partial charge < -0.3 is 0 Å². The average molecular weight is 184 g/mol. The van der Waals surface area contributed by atoms with E-state index in [0.29, 0.717) is 4.48 Å². The Balaban J connectivity index is 3.32. The van der Waals surface area contributed by atoms with Gasteiger partial charge in [0.25, 0.3) is 0 Å². The van der Waals surface area contributed by atoms with E-state index in [1.54, 1.807) is 0 Å². The molecule has 0 amide bonds. The fourth-order valence-electron chi connectivity index (χ4n) is 0.147. The maximum atomic E-state index is 9.87. The first-order valence-electron chi connectivity index (χ1n) is 1.59. The lowest BCUT2D eigenvalue weighted by Crippen LogP contribution is -1.70. The lowest BCUT2D eigenvalue weighted by Gasteiger charge is -1.72. The highest BCUT2D eigenvalue weighted by Gasteiger charge is 2.08. The van der Waals surface area contributed by atoms with Crippen molar-refractivity contribution < 1.29 is 9.46 Å². The number of allylic oxidation sites excluding steroid dienone is 1. The van der Waals surface area contributed by atoms with Crippen LogP contribution in [0.3, 0.4) is 0 Å². The van der Waals surface area contributed by atoms with E-state index in [1.165, 1.54) is 0 Å². The standard InChI is InChI=1S/C3H4BrO2P/c1-3(4)2-7(5)6/h1-2H2/p+1.